The van der Waals surface area contributed by atoms with Crippen LogP contribution in [0.1, 0.15) is 31.1 Å². The van der Waals surface area contributed by atoms with Gasteiger partial charge in [-0.05, 0) is 30.3 Å². The summed E-state index contributed by atoms with van der Waals surface area (Å²) in [6.07, 6.45) is 1.43. The Morgan fingerprint density at radius 3 is 2.36 bits per heavy atom. The predicted octanol–water partition coefficient (Wildman–Crippen LogP) is 2.74. The zero-order valence-corrected chi connectivity index (χ0v) is 12.6. The zero-order chi connectivity index (χ0) is 17.6. The molecule has 6 nitrogen and oxygen atoms in total. The fourth-order valence-electron chi connectivity index (χ4n) is 2.65. The largest absolute Gasteiger partial charge is 0.364 e. The number of rotatable bonds is 2. The fourth-order valence-corrected chi connectivity index (χ4v) is 2.65. The summed E-state index contributed by atoms with van der Waals surface area (Å²) in [7, 11) is 0. The average molecular weight is 336 g/mol. The molecule has 0 atom stereocenters. The SMILES string of the molecule is O=C(ON1C(=O)c2ccccc2C1=O)c1cc(F)c2ncccc2c1. The molecule has 4 rings (SSSR count). The minimum absolute atomic E-state index is 0.111. The summed E-state index contributed by atoms with van der Waals surface area (Å²) in [6, 6.07) is 11.6. The van der Waals surface area contributed by atoms with Gasteiger partial charge in [0.05, 0.1) is 16.7 Å². The molecule has 0 bridgehead atoms. The summed E-state index contributed by atoms with van der Waals surface area (Å²) in [4.78, 5) is 45.5. The molecule has 2 aromatic carbocycles. The van der Waals surface area contributed by atoms with E-state index in [2.05, 4.69) is 4.98 Å². The van der Waals surface area contributed by atoms with Gasteiger partial charge in [-0.1, -0.05) is 23.3 Å². The molecule has 3 aromatic rings. The molecule has 25 heavy (non-hydrogen) atoms. The molecule has 1 aromatic heterocycles. The van der Waals surface area contributed by atoms with Crippen LogP contribution in [-0.4, -0.2) is 27.8 Å². The summed E-state index contributed by atoms with van der Waals surface area (Å²) in [5.74, 6) is -3.19. The first-order chi connectivity index (χ1) is 12.1. The van der Waals surface area contributed by atoms with Crippen LogP contribution in [0.2, 0.25) is 0 Å². The molecule has 1 aliphatic heterocycles. The molecule has 0 aliphatic carbocycles. The fraction of sp³-hybridized carbons (Fsp3) is 0. The maximum absolute atomic E-state index is 14.1. The first-order valence-electron chi connectivity index (χ1n) is 7.30. The third-order valence-corrected chi connectivity index (χ3v) is 3.83. The second-order valence-electron chi connectivity index (χ2n) is 5.36. The maximum atomic E-state index is 14.1. The van der Waals surface area contributed by atoms with E-state index in [4.69, 9.17) is 4.84 Å². The van der Waals surface area contributed by atoms with Crippen molar-refractivity contribution in [2.75, 3.05) is 0 Å². The molecule has 0 saturated carbocycles. The van der Waals surface area contributed by atoms with Crippen molar-refractivity contribution in [3.8, 4) is 0 Å². The van der Waals surface area contributed by atoms with Gasteiger partial charge in [0.15, 0.2) is 0 Å². The zero-order valence-electron chi connectivity index (χ0n) is 12.6. The van der Waals surface area contributed by atoms with Crippen LogP contribution < -0.4 is 0 Å². The Morgan fingerprint density at radius 1 is 1.00 bits per heavy atom. The standard InChI is InChI=1S/C18H9FN2O4/c19-14-9-11(8-10-4-3-7-20-15(10)14)18(24)25-21-16(22)12-5-1-2-6-13(12)17(21)23/h1-9H. The Hall–Kier alpha value is -3.61. The second-order valence-corrected chi connectivity index (χ2v) is 5.36. The number of imide groups is 1. The quantitative estimate of drug-likeness (QED) is 0.673. The average Bonchev–Trinajstić information content (AvgIpc) is 2.87. The Labute approximate surface area is 140 Å². The van der Waals surface area contributed by atoms with Crippen LogP contribution in [0.4, 0.5) is 4.39 Å². The van der Waals surface area contributed by atoms with Gasteiger partial charge < -0.3 is 4.84 Å². The van der Waals surface area contributed by atoms with Gasteiger partial charge in [-0.3, -0.25) is 14.6 Å². The minimum atomic E-state index is -1.01. The second kappa shape index (κ2) is 5.48. The van der Waals surface area contributed by atoms with Crippen molar-refractivity contribution in [1.82, 2.24) is 10.0 Å². The number of hydroxylamine groups is 2. The molecule has 0 spiro atoms. The van der Waals surface area contributed by atoms with Gasteiger partial charge in [-0.25, -0.2) is 9.18 Å². The van der Waals surface area contributed by atoms with Crippen molar-refractivity contribution < 1.29 is 23.6 Å². The topological polar surface area (TPSA) is 76.6 Å². The van der Waals surface area contributed by atoms with E-state index in [-0.39, 0.29) is 22.2 Å². The molecule has 2 amide bonds. The summed E-state index contributed by atoms with van der Waals surface area (Å²) < 4.78 is 14.1. The van der Waals surface area contributed by atoms with E-state index in [1.807, 2.05) is 0 Å². The van der Waals surface area contributed by atoms with Gasteiger partial charge in [0.1, 0.15) is 11.3 Å². The van der Waals surface area contributed by atoms with Crippen molar-refractivity contribution in [2.45, 2.75) is 0 Å². The van der Waals surface area contributed by atoms with E-state index in [1.165, 1.54) is 24.4 Å². The monoisotopic (exact) mass is 336 g/mol. The van der Waals surface area contributed by atoms with E-state index in [0.29, 0.717) is 10.4 Å². The maximum Gasteiger partial charge on any atom is 0.364 e. The number of hydrogen-bond donors (Lipinski definition) is 0. The number of amides is 2. The Bertz CT molecular complexity index is 1030. The molecule has 2 heterocycles. The molecule has 7 heteroatoms. The van der Waals surface area contributed by atoms with E-state index in [0.717, 1.165) is 6.07 Å². The van der Waals surface area contributed by atoms with E-state index < -0.39 is 23.6 Å². The number of fused-ring (bicyclic) bond motifs is 2. The summed E-state index contributed by atoms with van der Waals surface area (Å²) in [6.45, 7) is 0. The molecular weight excluding hydrogens is 327 g/mol. The number of pyridine rings is 1. The minimum Gasteiger partial charge on any atom is -0.324 e. The molecule has 0 unspecified atom stereocenters. The first kappa shape index (κ1) is 14.9. The van der Waals surface area contributed by atoms with Crippen molar-refractivity contribution >= 4 is 28.7 Å². The van der Waals surface area contributed by atoms with Crippen molar-refractivity contribution in [1.29, 1.82) is 0 Å². The Morgan fingerprint density at radius 2 is 1.68 bits per heavy atom. The highest BCUT2D eigenvalue weighted by molar-refractivity contribution is 6.21. The van der Waals surface area contributed by atoms with Crippen LogP contribution in [0.25, 0.3) is 10.9 Å². The molecular formula is C18H9FN2O4. The highest BCUT2D eigenvalue weighted by Crippen LogP contribution is 2.24. The van der Waals surface area contributed by atoms with Crippen LogP contribution in [-0.2, 0) is 4.84 Å². The van der Waals surface area contributed by atoms with Crippen LogP contribution in [0.3, 0.4) is 0 Å². The number of halogens is 1. The van der Waals surface area contributed by atoms with Crippen LogP contribution in [0.15, 0.2) is 54.7 Å². The Kier molecular flexibility index (Phi) is 3.28. The molecule has 122 valence electrons. The van der Waals surface area contributed by atoms with Gasteiger partial charge in [0.25, 0.3) is 11.8 Å². The van der Waals surface area contributed by atoms with Crippen LogP contribution in [0, 0.1) is 5.82 Å². The summed E-state index contributed by atoms with van der Waals surface area (Å²) in [5.41, 5.74) is 0.276. The van der Waals surface area contributed by atoms with E-state index in [9.17, 15) is 18.8 Å². The van der Waals surface area contributed by atoms with Gasteiger partial charge in [0, 0.05) is 11.6 Å². The van der Waals surface area contributed by atoms with E-state index in [1.54, 1.807) is 24.3 Å². The number of aromatic nitrogens is 1. The molecule has 0 fully saturated rings. The van der Waals surface area contributed by atoms with Gasteiger partial charge in [-0.15, -0.1) is 0 Å². The lowest BCUT2D eigenvalue weighted by atomic mass is 10.1. The summed E-state index contributed by atoms with van der Waals surface area (Å²) in [5, 5.41) is 0.787. The van der Waals surface area contributed by atoms with Crippen molar-refractivity contribution in [2.24, 2.45) is 0 Å². The summed E-state index contributed by atoms with van der Waals surface area (Å²) >= 11 is 0. The van der Waals surface area contributed by atoms with Gasteiger partial charge >= 0.3 is 5.97 Å². The van der Waals surface area contributed by atoms with Gasteiger partial charge in [0.2, 0.25) is 0 Å². The molecule has 0 N–H and O–H groups in total. The highest BCUT2D eigenvalue weighted by Gasteiger charge is 2.38. The highest BCUT2D eigenvalue weighted by atomic mass is 19.1. The number of carbonyl (C=O) groups is 3. The lowest BCUT2D eigenvalue weighted by Gasteiger charge is -2.13. The van der Waals surface area contributed by atoms with Crippen molar-refractivity contribution in [3.05, 3.63) is 77.2 Å². The molecule has 0 radical (unpaired) electrons. The lowest BCUT2D eigenvalue weighted by molar-refractivity contribution is -0.0584. The normalized spacial score (nSPS) is 13.2. The predicted molar refractivity (Wildman–Crippen MR) is 84.1 cm³/mol. The Balaban J connectivity index is 1.65. The lowest BCUT2D eigenvalue weighted by Crippen LogP contribution is -2.32. The number of nitrogens with zero attached hydrogens (tertiary/aromatic N) is 2. The number of benzene rings is 2. The third kappa shape index (κ3) is 2.33. The molecule has 1 aliphatic rings. The van der Waals surface area contributed by atoms with Gasteiger partial charge in [-0.2, -0.15) is 0 Å². The smallest absolute Gasteiger partial charge is 0.324 e. The number of hydrogen-bond acceptors (Lipinski definition) is 5. The van der Waals surface area contributed by atoms with Crippen LogP contribution >= 0.6 is 0 Å². The van der Waals surface area contributed by atoms with Crippen molar-refractivity contribution in [3.63, 3.8) is 0 Å². The first-order valence-corrected chi connectivity index (χ1v) is 7.30. The molecule has 0 saturated heterocycles. The number of carbonyl (C=O) groups excluding carboxylic acids is 3. The third-order valence-electron chi connectivity index (χ3n) is 3.83. The van der Waals surface area contributed by atoms with Crippen LogP contribution in [0.5, 0.6) is 0 Å². The van der Waals surface area contributed by atoms with E-state index >= 15 is 0 Å².